The SMILES string of the molecule is CCOc1cc(N)cc(N(CCOC)C(C)C)c1. The van der Waals surface area contributed by atoms with Crippen LogP contribution < -0.4 is 15.4 Å². The number of nitrogens with zero attached hydrogens (tertiary/aromatic N) is 1. The van der Waals surface area contributed by atoms with Gasteiger partial charge in [-0.1, -0.05) is 0 Å². The third-order valence-electron chi connectivity index (χ3n) is 2.72. The Kier molecular flexibility index (Phi) is 5.78. The van der Waals surface area contributed by atoms with Crippen LogP contribution in [0.2, 0.25) is 0 Å². The van der Waals surface area contributed by atoms with Crippen LogP contribution in [0.3, 0.4) is 0 Å². The van der Waals surface area contributed by atoms with Gasteiger partial charge in [0.15, 0.2) is 0 Å². The maximum atomic E-state index is 5.92. The molecule has 2 N–H and O–H groups in total. The zero-order valence-corrected chi connectivity index (χ0v) is 11.8. The van der Waals surface area contributed by atoms with E-state index < -0.39 is 0 Å². The van der Waals surface area contributed by atoms with E-state index in [1.807, 2.05) is 25.1 Å². The van der Waals surface area contributed by atoms with Crippen molar-refractivity contribution in [3.63, 3.8) is 0 Å². The normalized spacial score (nSPS) is 10.7. The van der Waals surface area contributed by atoms with Crippen molar-refractivity contribution in [1.82, 2.24) is 0 Å². The van der Waals surface area contributed by atoms with Crippen LogP contribution in [0.25, 0.3) is 0 Å². The second-order valence-corrected chi connectivity index (χ2v) is 4.47. The molecule has 18 heavy (non-hydrogen) atoms. The predicted octanol–water partition coefficient (Wildman–Crippen LogP) is 2.53. The van der Waals surface area contributed by atoms with E-state index in [9.17, 15) is 0 Å². The van der Waals surface area contributed by atoms with E-state index in [-0.39, 0.29) is 0 Å². The van der Waals surface area contributed by atoms with Gasteiger partial charge in [0, 0.05) is 43.2 Å². The Balaban J connectivity index is 2.95. The van der Waals surface area contributed by atoms with Gasteiger partial charge in [0.1, 0.15) is 5.75 Å². The molecular formula is C14H24N2O2. The number of anilines is 2. The summed E-state index contributed by atoms with van der Waals surface area (Å²) in [5.41, 5.74) is 7.71. The Labute approximate surface area is 110 Å². The molecule has 0 spiro atoms. The van der Waals surface area contributed by atoms with E-state index in [4.69, 9.17) is 15.2 Å². The van der Waals surface area contributed by atoms with Crippen molar-refractivity contribution in [2.24, 2.45) is 0 Å². The number of nitrogen functional groups attached to an aromatic ring is 1. The lowest BCUT2D eigenvalue weighted by Crippen LogP contribution is -2.33. The molecule has 0 aliphatic heterocycles. The molecular weight excluding hydrogens is 228 g/mol. The number of nitrogens with two attached hydrogens (primary N) is 1. The lowest BCUT2D eigenvalue weighted by molar-refractivity contribution is 0.204. The van der Waals surface area contributed by atoms with Gasteiger partial charge in [0.05, 0.1) is 13.2 Å². The maximum absolute atomic E-state index is 5.92. The van der Waals surface area contributed by atoms with Crippen LogP contribution in [0.5, 0.6) is 5.75 Å². The number of methoxy groups -OCH3 is 1. The Morgan fingerprint density at radius 1 is 1.28 bits per heavy atom. The minimum atomic E-state index is 0.386. The van der Waals surface area contributed by atoms with Gasteiger partial charge in [-0.3, -0.25) is 0 Å². The Morgan fingerprint density at radius 2 is 2.00 bits per heavy atom. The van der Waals surface area contributed by atoms with Gasteiger partial charge < -0.3 is 20.1 Å². The fourth-order valence-corrected chi connectivity index (χ4v) is 1.90. The second kappa shape index (κ2) is 7.11. The second-order valence-electron chi connectivity index (χ2n) is 4.47. The highest BCUT2D eigenvalue weighted by Gasteiger charge is 2.12. The average Bonchev–Trinajstić information content (AvgIpc) is 2.28. The summed E-state index contributed by atoms with van der Waals surface area (Å²) in [6.07, 6.45) is 0. The van der Waals surface area contributed by atoms with E-state index in [1.165, 1.54) is 0 Å². The molecule has 0 atom stereocenters. The maximum Gasteiger partial charge on any atom is 0.123 e. The third kappa shape index (κ3) is 4.11. The predicted molar refractivity (Wildman–Crippen MR) is 76.4 cm³/mol. The highest BCUT2D eigenvalue weighted by molar-refractivity contribution is 5.61. The molecule has 102 valence electrons. The summed E-state index contributed by atoms with van der Waals surface area (Å²) < 4.78 is 10.7. The molecule has 0 fully saturated rings. The van der Waals surface area contributed by atoms with Crippen molar-refractivity contribution in [3.8, 4) is 5.75 Å². The topological polar surface area (TPSA) is 47.7 Å². The van der Waals surface area contributed by atoms with E-state index in [0.29, 0.717) is 19.3 Å². The van der Waals surface area contributed by atoms with E-state index in [2.05, 4.69) is 18.7 Å². The molecule has 0 aliphatic carbocycles. The molecule has 0 unspecified atom stereocenters. The van der Waals surface area contributed by atoms with E-state index in [1.54, 1.807) is 7.11 Å². The van der Waals surface area contributed by atoms with Crippen LogP contribution in [-0.2, 0) is 4.74 Å². The smallest absolute Gasteiger partial charge is 0.123 e. The fraction of sp³-hybridized carbons (Fsp3) is 0.571. The van der Waals surface area contributed by atoms with Crippen molar-refractivity contribution in [2.75, 3.05) is 37.5 Å². The molecule has 0 heterocycles. The zero-order valence-electron chi connectivity index (χ0n) is 11.8. The molecule has 4 nitrogen and oxygen atoms in total. The monoisotopic (exact) mass is 252 g/mol. The van der Waals surface area contributed by atoms with Crippen molar-refractivity contribution in [3.05, 3.63) is 18.2 Å². The Hall–Kier alpha value is -1.42. The third-order valence-corrected chi connectivity index (χ3v) is 2.72. The summed E-state index contributed by atoms with van der Waals surface area (Å²) in [7, 11) is 1.71. The van der Waals surface area contributed by atoms with Gasteiger partial charge in [-0.15, -0.1) is 0 Å². The van der Waals surface area contributed by atoms with Crippen LogP contribution in [0.4, 0.5) is 11.4 Å². The van der Waals surface area contributed by atoms with Gasteiger partial charge in [-0.25, -0.2) is 0 Å². The van der Waals surface area contributed by atoms with Gasteiger partial charge in [-0.2, -0.15) is 0 Å². The van der Waals surface area contributed by atoms with E-state index >= 15 is 0 Å². The number of rotatable bonds is 7. The van der Waals surface area contributed by atoms with Crippen LogP contribution >= 0.6 is 0 Å². The van der Waals surface area contributed by atoms with Gasteiger partial charge >= 0.3 is 0 Å². The molecule has 0 saturated carbocycles. The summed E-state index contributed by atoms with van der Waals surface area (Å²) in [5.74, 6) is 0.815. The lowest BCUT2D eigenvalue weighted by atomic mass is 10.2. The van der Waals surface area contributed by atoms with Crippen molar-refractivity contribution in [2.45, 2.75) is 26.8 Å². The zero-order chi connectivity index (χ0) is 13.5. The largest absolute Gasteiger partial charge is 0.494 e. The average molecular weight is 252 g/mol. The molecule has 0 bridgehead atoms. The van der Waals surface area contributed by atoms with Crippen LogP contribution in [0, 0.1) is 0 Å². The van der Waals surface area contributed by atoms with Crippen molar-refractivity contribution >= 4 is 11.4 Å². The van der Waals surface area contributed by atoms with Gasteiger partial charge in [-0.05, 0) is 26.8 Å². The van der Waals surface area contributed by atoms with Gasteiger partial charge in [0.25, 0.3) is 0 Å². The highest BCUT2D eigenvalue weighted by atomic mass is 16.5. The first kappa shape index (κ1) is 14.6. The first-order valence-electron chi connectivity index (χ1n) is 6.37. The molecule has 0 aromatic heterocycles. The molecule has 0 aliphatic rings. The number of ether oxygens (including phenoxy) is 2. The molecule has 0 radical (unpaired) electrons. The molecule has 0 saturated heterocycles. The molecule has 1 rings (SSSR count). The van der Waals surface area contributed by atoms with Crippen LogP contribution in [-0.4, -0.2) is 32.9 Å². The summed E-state index contributed by atoms with van der Waals surface area (Å²) in [5, 5.41) is 0. The first-order chi connectivity index (χ1) is 8.58. The standard InChI is InChI=1S/C14H24N2O2/c1-5-18-14-9-12(15)8-13(10-14)16(11(2)3)6-7-17-4/h8-11H,5-7,15H2,1-4H3. The van der Waals surface area contributed by atoms with Crippen LogP contribution in [0.15, 0.2) is 18.2 Å². The molecule has 4 heteroatoms. The first-order valence-corrected chi connectivity index (χ1v) is 6.37. The lowest BCUT2D eigenvalue weighted by Gasteiger charge is -2.29. The van der Waals surface area contributed by atoms with E-state index in [0.717, 1.165) is 23.7 Å². The fourth-order valence-electron chi connectivity index (χ4n) is 1.90. The van der Waals surface area contributed by atoms with Crippen LogP contribution in [0.1, 0.15) is 20.8 Å². The quantitative estimate of drug-likeness (QED) is 0.758. The highest BCUT2D eigenvalue weighted by Crippen LogP contribution is 2.26. The summed E-state index contributed by atoms with van der Waals surface area (Å²) in [4.78, 5) is 2.25. The van der Waals surface area contributed by atoms with Crippen molar-refractivity contribution < 1.29 is 9.47 Å². The Morgan fingerprint density at radius 3 is 2.56 bits per heavy atom. The molecule has 0 amide bonds. The summed E-state index contributed by atoms with van der Waals surface area (Å²) >= 11 is 0. The van der Waals surface area contributed by atoms with Gasteiger partial charge in [0.2, 0.25) is 0 Å². The minimum Gasteiger partial charge on any atom is -0.494 e. The molecule has 1 aromatic carbocycles. The molecule has 1 aromatic rings. The summed E-state index contributed by atoms with van der Waals surface area (Å²) in [6.45, 7) is 8.44. The number of hydrogen-bond donors (Lipinski definition) is 1. The number of hydrogen-bond acceptors (Lipinski definition) is 4. The Bertz CT molecular complexity index is 367. The summed E-state index contributed by atoms with van der Waals surface area (Å²) in [6, 6.07) is 6.23. The number of benzene rings is 1. The van der Waals surface area contributed by atoms with Crippen molar-refractivity contribution in [1.29, 1.82) is 0 Å². The minimum absolute atomic E-state index is 0.386.